The molecule has 1 saturated carbocycles. The minimum atomic E-state index is 0.0597. The van der Waals surface area contributed by atoms with E-state index in [9.17, 15) is 9.90 Å². The molecular weight excluding hydrogens is 312 g/mol. The van der Waals surface area contributed by atoms with Crippen molar-refractivity contribution in [2.75, 3.05) is 5.32 Å². The number of carbonyl (C=O) groups excluding carboxylic acids is 1. The minimum absolute atomic E-state index is 0.0597. The van der Waals surface area contributed by atoms with Crippen LogP contribution in [0.5, 0.6) is 0 Å². The molecule has 2 aromatic rings. The number of aliphatic hydroxyl groups is 1. The van der Waals surface area contributed by atoms with E-state index < -0.39 is 0 Å². The lowest BCUT2D eigenvalue weighted by Gasteiger charge is -2.21. The molecule has 0 aliphatic heterocycles. The lowest BCUT2D eigenvalue weighted by Crippen LogP contribution is -2.22. The summed E-state index contributed by atoms with van der Waals surface area (Å²) in [5, 5.41) is 15.8. The third-order valence-electron chi connectivity index (χ3n) is 4.76. The Morgan fingerprint density at radius 1 is 1.08 bits per heavy atom. The highest BCUT2D eigenvalue weighted by Crippen LogP contribution is 2.30. The second-order valence-electron chi connectivity index (χ2n) is 6.90. The maximum Gasteiger partial charge on any atom is 0.227 e. The summed E-state index contributed by atoms with van der Waals surface area (Å²) >= 11 is 0. The van der Waals surface area contributed by atoms with Crippen molar-refractivity contribution in [3.8, 4) is 0 Å². The predicted octanol–water partition coefficient (Wildman–Crippen LogP) is 3.94. The fraction of sp³-hybridized carbons (Fsp3) is 0.381. The van der Waals surface area contributed by atoms with Crippen LogP contribution in [0.3, 0.4) is 0 Å². The molecule has 1 aliphatic carbocycles. The summed E-state index contributed by atoms with van der Waals surface area (Å²) in [7, 11) is 0. The molecule has 0 saturated heterocycles. The van der Waals surface area contributed by atoms with Crippen LogP contribution >= 0.6 is 0 Å². The molecule has 0 heterocycles. The van der Waals surface area contributed by atoms with Crippen molar-refractivity contribution in [2.45, 2.75) is 45.4 Å². The van der Waals surface area contributed by atoms with E-state index in [0.29, 0.717) is 0 Å². The van der Waals surface area contributed by atoms with Crippen LogP contribution < -0.4 is 10.6 Å². The van der Waals surface area contributed by atoms with Gasteiger partial charge >= 0.3 is 0 Å². The van der Waals surface area contributed by atoms with Crippen LogP contribution in [0, 0.1) is 5.92 Å². The molecule has 4 nitrogen and oxygen atoms in total. The first-order valence-corrected chi connectivity index (χ1v) is 8.93. The number of nitrogens with one attached hydrogen (secondary N) is 2. The van der Waals surface area contributed by atoms with E-state index in [-0.39, 0.29) is 30.5 Å². The number of amides is 1. The van der Waals surface area contributed by atoms with E-state index in [1.165, 1.54) is 5.56 Å². The Labute approximate surface area is 149 Å². The third kappa shape index (κ3) is 4.68. The van der Waals surface area contributed by atoms with E-state index in [1.807, 2.05) is 30.3 Å². The molecule has 0 aromatic heterocycles. The smallest absolute Gasteiger partial charge is 0.227 e. The van der Waals surface area contributed by atoms with Crippen LogP contribution in [0.4, 0.5) is 5.69 Å². The Morgan fingerprint density at radius 2 is 1.76 bits per heavy atom. The zero-order valence-electron chi connectivity index (χ0n) is 14.8. The van der Waals surface area contributed by atoms with Crippen LogP contribution in [0.25, 0.3) is 0 Å². The van der Waals surface area contributed by atoms with E-state index in [1.54, 1.807) is 0 Å². The molecule has 132 valence electrons. The van der Waals surface area contributed by atoms with Crippen molar-refractivity contribution in [3.63, 3.8) is 0 Å². The first-order valence-electron chi connectivity index (χ1n) is 8.93. The number of carbonyl (C=O) groups is 1. The maximum atomic E-state index is 11.8. The number of aliphatic hydroxyl groups excluding tert-OH is 1. The van der Waals surface area contributed by atoms with Crippen LogP contribution in [-0.2, 0) is 11.4 Å². The van der Waals surface area contributed by atoms with Crippen LogP contribution in [0.15, 0.2) is 48.5 Å². The average molecular weight is 338 g/mol. The lowest BCUT2D eigenvalue weighted by atomic mass is 10.0. The molecule has 1 amide bonds. The molecule has 0 bridgehead atoms. The summed E-state index contributed by atoms with van der Waals surface area (Å²) in [6.07, 6.45) is 2.03. The Bertz CT molecular complexity index is 723. The summed E-state index contributed by atoms with van der Waals surface area (Å²) in [5.41, 5.74) is 4.12. The van der Waals surface area contributed by atoms with Gasteiger partial charge < -0.3 is 15.7 Å². The highest BCUT2D eigenvalue weighted by atomic mass is 16.3. The monoisotopic (exact) mass is 338 g/mol. The van der Waals surface area contributed by atoms with E-state index >= 15 is 0 Å². The Balaban J connectivity index is 1.59. The van der Waals surface area contributed by atoms with Crippen molar-refractivity contribution in [3.05, 3.63) is 65.2 Å². The van der Waals surface area contributed by atoms with Gasteiger partial charge in [0.05, 0.1) is 6.61 Å². The van der Waals surface area contributed by atoms with Gasteiger partial charge in [-0.2, -0.15) is 0 Å². The lowest BCUT2D eigenvalue weighted by molar-refractivity contribution is -0.117. The summed E-state index contributed by atoms with van der Waals surface area (Å²) in [6.45, 7) is 4.31. The van der Waals surface area contributed by atoms with Crippen LogP contribution in [-0.4, -0.2) is 11.0 Å². The molecule has 4 heteroatoms. The molecule has 1 fully saturated rings. The number of hydrogen-bond acceptors (Lipinski definition) is 3. The van der Waals surface area contributed by atoms with Crippen LogP contribution in [0.1, 0.15) is 55.5 Å². The molecule has 3 rings (SSSR count). The number of benzene rings is 2. The molecule has 0 radical (unpaired) electrons. The van der Waals surface area contributed by atoms with Gasteiger partial charge in [0, 0.05) is 23.7 Å². The number of anilines is 1. The van der Waals surface area contributed by atoms with E-state index in [0.717, 1.165) is 29.7 Å². The zero-order chi connectivity index (χ0) is 17.8. The molecule has 1 aliphatic rings. The van der Waals surface area contributed by atoms with Crippen molar-refractivity contribution in [1.82, 2.24) is 5.32 Å². The minimum Gasteiger partial charge on any atom is -0.392 e. The summed E-state index contributed by atoms with van der Waals surface area (Å²) in [4.78, 5) is 11.8. The van der Waals surface area contributed by atoms with Gasteiger partial charge in [0.2, 0.25) is 5.91 Å². The molecular formula is C21H26N2O2. The standard InChI is InChI=1S/C21H26N2O2/c1-14(22-15(2)19-5-3-4-16(12-19)13-24)17-8-10-20(11-9-17)23-21(25)18-6-7-18/h3-5,8-12,14-15,18,22,24H,6-7,13H2,1-2H3,(H,23,25). The quantitative estimate of drug-likeness (QED) is 0.716. The largest absolute Gasteiger partial charge is 0.392 e. The molecule has 2 atom stereocenters. The SMILES string of the molecule is CC(NC(C)c1cccc(CO)c1)c1ccc(NC(=O)C2CC2)cc1. The Kier molecular flexibility index (Phi) is 5.51. The summed E-state index contributed by atoms with van der Waals surface area (Å²) in [5.74, 6) is 0.354. The van der Waals surface area contributed by atoms with Gasteiger partial charge in [-0.15, -0.1) is 0 Å². The van der Waals surface area contributed by atoms with Gasteiger partial charge in [-0.1, -0.05) is 36.4 Å². The topological polar surface area (TPSA) is 61.4 Å². The average Bonchev–Trinajstić information content (AvgIpc) is 3.47. The number of rotatable bonds is 7. The third-order valence-corrected chi connectivity index (χ3v) is 4.76. The van der Waals surface area contributed by atoms with Crippen molar-refractivity contribution in [1.29, 1.82) is 0 Å². The van der Waals surface area contributed by atoms with Gasteiger partial charge in [0.15, 0.2) is 0 Å². The maximum absolute atomic E-state index is 11.8. The normalized spacial score (nSPS) is 16.3. The predicted molar refractivity (Wildman–Crippen MR) is 100 cm³/mol. The Morgan fingerprint density at radius 3 is 2.40 bits per heavy atom. The molecule has 3 N–H and O–H groups in total. The first-order chi connectivity index (χ1) is 12.1. The molecule has 25 heavy (non-hydrogen) atoms. The van der Waals surface area contributed by atoms with E-state index in [2.05, 4.69) is 42.7 Å². The van der Waals surface area contributed by atoms with Crippen molar-refractivity contribution < 1.29 is 9.90 Å². The fourth-order valence-corrected chi connectivity index (χ4v) is 2.97. The molecule has 2 unspecified atom stereocenters. The second kappa shape index (κ2) is 7.81. The van der Waals surface area contributed by atoms with Crippen molar-refractivity contribution in [2.24, 2.45) is 5.92 Å². The summed E-state index contributed by atoms with van der Waals surface area (Å²) in [6, 6.07) is 16.4. The summed E-state index contributed by atoms with van der Waals surface area (Å²) < 4.78 is 0. The molecule has 2 aromatic carbocycles. The second-order valence-corrected chi connectivity index (χ2v) is 6.90. The van der Waals surface area contributed by atoms with Gasteiger partial charge in [0.25, 0.3) is 0 Å². The highest BCUT2D eigenvalue weighted by Gasteiger charge is 2.29. The zero-order valence-corrected chi connectivity index (χ0v) is 14.8. The number of hydrogen-bond donors (Lipinski definition) is 3. The van der Waals surface area contributed by atoms with Crippen molar-refractivity contribution >= 4 is 11.6 Å². The highest BCUT2D eigenvalue weighted by molar-refractivity contribution is 5.94. The van der Waals surface area contributed by atoms with Crippen LogP contribution in [0.2, 0.25) is 0 Å². The molecule has 0 spiro atoms. The first kappa shape index (κ1) is 17.6. The van der Waals surface area contributed by atoms with Gasteiger partial charge in [-0.3, -0.25) is 4.79 Å². The van der Waals surface area contributed by atoms with Gasteiger partial charge in [0.1, 0.15) is 0 Å². The van der Waals surface area contributed by atoms with Gasteiger partial charge in [-0.25, -0.2) is 0 Å². The Hall–Kier alpha value is -2.17. The van der Waals surface area contributed by atoms with E-state index in [4.69, 9.17) is 0 Å². The van der Waals surface area contributed by atoms with Gasteiger partial charge in [-0.05, 0) is 55.5 Å². The fourth-order valence-electron chi connectivity index (χ4n) is 2.97.